The third kappa shape index (κ3) is 5.01. The van der Waals surface area contributed by atoms with E-state index in [2.05, 4.69) is 9.72 Å². The van der Waals surface area contributed by atoms with E-state index in [4.69, 9.17) is 4.74 Å². The molecule has 0 aliphatic carbocycles. The van der Waals surface area contributed by atoms with Crippen molar-refractivity contribution in [3.63, 3.8) is 0 Å². The molecule has 1 aromatic carbocycles. The van der Waals surface area contributed by atoms with Crippen LogP contribution in [0.5, 0.6) is 5.75 Å². The minimum atomic E-state index is -4.68. The van der Waals surface area contributed by atoms with Crippen LogP contribution >= 0.6 is 11.8 Å². The average molecular weight is 498 g/mol. The van der Waals surface area contributed by atoms with Crippen LogP contribution in [0.1, 0.15) is 37.1 Å². The van der Waals surface area contributed by atoms with Gasteiger partial charge in [-0.2, -0.15) is 22.0 Å². The lowest BCUT2D eigenvalue weighted by Gasteiger charge is -2.38. The first-order valence-electron chi connectivity index (χ1n) is 9.39. The number of hydrogen-bond donors (Lipinski definition) is 0. The van der Waals surface area contributed by atoms with Gasteiger partial charge in [0.2, 0.25) is 0 Å². The lowest BCUT2D eigenvalue weighted by molar-refractivity contribution is -0.137. The van der Waals surface area contributed by atoms with Crippen molar-refractivity contribution >= 4 is 21.6 Å². The number of sulfone groups is 1. The van der Waals surface area contributed by atoms with Crippen molar-refractivity contribution in [1.82, 2.24) is 4.98 Å². The van der Waals surface area contributed by atoms with E-state index in [1.54, 1.807) is 6.26 Å². The van der Waals surface area contributed by atoms with Gasteiger partial charge in [-0.15, -0.1) is 11.8 Å². The van der Waals surface area contributed by atoms with Gasteiger partial charge < -0.3 is 9.47 Å². The van der Waals surface area contributed by atoms with Gasteiger partial charge in [0.1, 0.15) is 11.9 Å². The van der Waals surface area contributed by atoms with Crippen LogP contribution in [0.2, 0.25) is 0 Å². The highest BCUT2D eigenvalue weighted by Gasteiger charge is 2.46. The monoisotopic (exact) mass is 497 g/mol. The number of hydrogen-bond acceptors (Lipinski definition) is 6. The normalized spacial score (nSPS) is 22.2. The number of halogens is 5. The average Bonchev–Trinajstić information content (AvgIpc) is 2.72. The molecule has 12 heteroatoms. The van der Waals surface area contributed by atoms with Gasteiger partial charge in [-0.05, 0) is 50.3 Å². The molecule has 0 saturated carbocycles. The van der Waals surface area contributed by atoms with E-state index in [-0.39, 0.29) is 25.2 Å². The second kappa shape index (κ2) is 9.14. The van der Waals surface area contributed by atoms with Crippen LogP contribution in [-0.2, 0) is 20.8 Å². The van der Waals surface area contributed by atoms with Crippen molar-refractivity contribution < 1.29 is 39.8 Å². The lowest BCUT2D eigenvalue weighted by Crippen LogP contribution is -2.42. The molecule has 1 saturated heterocycles. The van der Waals surface area contributed by atoms with Crippen LogP contribution < -0.4 is 4.74 Å². The number of alkyl halides is 5. The predicted octanol–water partition coefficient (Wildman–Crippen LogP) is 5.51. The number of nitrogens with zero attached hydrogens (tertiary/aromatic N) is 1. The number of benzene rings is 1. The molecule has 1 aliphatic heterocycles. The molecule has 1 aromatic heterocycles. The molecule has 176 valence electrons. The van der Waals surface area contributed by atoms with Crippen molar-refractivity contribution in [2.75, 3.05) is 12.9 Å². The maximum atomic E-state index is 13.3. The van der Waals surface area contributed by atoms with E-state index in [1.807, 2.05) is 0 Å². The highest BCUT2D eigenvalue weighted by Crippen LogP contribution is 2.44. The number of ether oxygens (including phenoxy) is 2. The smallest absolute Gasteiger partial charge is 0.416 e. The summed E-state index contributed by atoms with van der Waals surface area (Å²) in [5, 5.41) is 0. The first-order valence-corrected chi connectivity index (χ1v) is 12.1. The number of aromatic nitrogens is 1. The molecular weight excluding hydrogens is 477 g/mol. The summed E-state index contributed by atoms with van der Waals surface area (Å²) in [6.45, 7) is -1.53. The Morgan fingerprint density at radius 2 is 2.00 bits per heavy atom. The van der Waals surface area contributed by atoms with Gasteiger partial charge in [0.05, 0.1) is 27.1 Å². The Morgan fingerprint density at radius 3 is 2.62 bits per heavy atom. The molecule has 32 heavy (non-hydrogen) atoms. The van der Waals surface area contributed by atoms with Gasteiger partial charge in [0, 0.05) is 11.5 Å². The Morgan fingerprint density at radius 1 is 1.28 bits per heavy atom. The highest BCUT2D eigenvalue weighted by atomic mass is 32.2. The van der Waals surface area contributed by atoms with Crippen molar-refractivity contribution in [2.24, 2.45) is 0 Å². The number of rotatable bonds is 6. The fourth-order valence-corrected chi connectivity index (χ4v) is 5.98. The van der Waals surface area contributed by atoms with Crippen molar-refractivity contribution in [3.8, 4) is 5.75 Å². The summed E-state index contributed by atoms with van der Waals surface area (Å²) < 4.78 is 99.6. The third-order valence-corrected chi connectivity index (χ3v) is 8.60. The predicted molar refractivity (Wildman–Crippen MR) is 108 cm³/mol. The number of thioether (sulfide) groups is 1. The minimum Gasteiger partial charge on any atom is -0.433 e. The van der Waals surface area contributed by atoms with Crippen molar-refractivity contribution in [3.05, 3.63) is 47.8 Å². The summed E-state index contributed by atoms with van der Waals surface area (Å²) in [5.41, 5.74) is -0.698. The summed E-state index contributed by atoms with van der Waals surface area (Å²) in [6.07, 6.45) is -2.68. The van der Waals surface area contributed by atoms with Gasteiger partial charge in [-0.25, -0.2) is 8.42 Å². The molecule has 1 aliphatic rings. The zero-order valence-electron chi connectivity index (χ0n) is 17.0. The van der Waals surface area contributed by atoms with E-state index in [0.29, 0.717) is 16.7 Å². The van der Waals surface area contributed by atoms with Crippen LogP contribution in [0.3, 0.4) is 0 Å². The van der Waals surface area contributed by atoms with Gasteiger partial charge in [0.25, 0.3) is 0 Å². The van der Waals surface area contributed by atoms with Gasteiger partial charge >= 0.3 is 12.8 Å². The van der Waals surface area contributed by atoms with Crippen LogP contribution in [0.15, 0.2) is 46.3 Å². The molecule has 2 atom stereocenters. The Kier molecular flexibility index (Phi) is 7.06. The molecule has 0 radical (unpaired) electrons. The molecule has 5 nitrogen and oxygen atoms in total. The second-order valence-corrected chi connectivity index (χ2v) is 10.7. The van der Waals surface area contributed by atoms with Gasteiger partial charge in [-0.3, -0.25) is 4.98 Å². The highest BCUT2D eigenvalue weighted by molar-refractivity contribution is 7.98. The summed E-state index contributed by atoms with van der Waals surface area (Å²) in [7, 11) is -4.17. The van der Waals surface area contributed by atoms with E-state index in [9.17, 15) is 30.4 Å². The first kappa shape index (κ1) is 24.7. The maximum Gasteiger partial charge on any atom is 0.416 e. The van der Waals surface area contributed by atoms with Crippen molar-refractivity contribution in [1.29, 1.82) is 0 Å². The molecule has 2 heterocycles. The largest absolute Gasteiger partial charge is 0.433 e. The first-order chi connectivity index (χ1) is 14.9. The van der Waals surface area contributed by atoms with Gasteiger partial charge in [0.15, 0.2) is 9.84 Å². The Labute approximate surface area is 186 Å². The summed E-state index contributed by atoms with van der Waals surface area (Å²) in [4.78, 5) is 4.19. The van der Waals surface area contributed by atoms with E-state index in [1.165, 1.54) is 24.8 Å². The van der Waals surface area contributed by atoms with Crippen LogP contribution in [0.4, 0.5) is 22.0 Å². The Hall–Kier alpha value is -1.92. The van der Waals surface area contributed by atoms with E-state index < -0.39 is 43.9 Å². The molecule has 3 rings (SSSR count). The SMILES string of the molecule is CSc1cc(OC(F)F)cnc1C1CC(C)(S(=O)(=O)c2cccc(C(F)(F)F)c2)CCO1. The van der Waals surface area contributed by atoms with E-state index in [0.717, 1.165) is 24.4 Å². The van der Waals surface area contributed by atoms with E-state index >= 15 is 0 Å². The molecule has 0 spiro atoms. The lowest BCUT2D eigenvalue weighted by atomic mass is 9.94. The third-order valence-electron chi connectivity index (χ3n) is 5.29. The minimum absolute atomic E-state index is 0.0319. The standard InChI is InChI=1S/C20H20F5NO4S2/c1-19(32(27,28)14-5-3-4-12(8-14)20(23,24)25)6-7-29-15(10-19)17-16(31-2)9-13(11-26-17)30-18(21)22/h3-5,8-9,11,15,18H,6-7,10H2,1-2H3. The molecule has 0 N–H and O–H groups in total. The second-order valence-electron chi connectivity index (χ2n) is 7.43. The quantitative estimate of drug-likeness (QED) is 0.388. The summed E-state index contributed by atoms with van der Waals surface area (Å²) in [5.74, 6) is -0.150. The zero-order chi connectivity index (χ0) is 23.7. The molecule has 2 aromatic rings. The Balaban J connectivity index is 1.94. The molecule has 0 bridgehead atoms. The summed E-state index contributed by atoms with van der Waals surface area (Å²) in [6, 6.07) is 5.00. The van der Waals surface area contributed by atoms with Crippen molar-refractivity contribution in [2.45, 2.75) is 53.2 Å². The van der Waals surface area contributed by atoms with Crippen LogP contribution in [0, 0.1) is 0 Å². The van der Waals surface area contributed by atoms with Gasteiger partial charge in [-0.1, -0.05) is 6.07 Å². The summed E-state index contributed by atoms with van der Waals surface area (Å²) >= 11 is 1.20. The van der Waals surface area contributed by atoms with Crippen LogP contribution in [-0.4, -0.2) is 37.6 Å². The molecular formula is C20H20F5NO4S2. The zero-order valence-corrected chi connectivity index (χ0v) is 18.7. The molecule has 1 fully saturated rings. The maximum absolute atomic E-state index is 13.3. The topological polar surface area (TPSA) is 65.5 Å². The fourth-order valence-electron chi connectivity index (χ4n) is 3.52. The fraction of sp³-hybridized carbons (Fsp3) is 0.450. The number of pyridine rings is 1. The Bertz CT molecular complexity index is 1080. The molecule has 0 amide bonds. The molecule has 2 unspecified atom stereocenters. The van der Waals surface area contributed by atoms with Crippen LogP contribution in [0.25, 0.3) is 0 Å².